The number of pyridine rings is 1. The van der Waals surface area contributed by atoms with Crippen LogP contribution in [0, 0.1) is 25.2 Å². The van der Waals surface area contributed by atoms with Crippen LogP contribution in [0.15, 0.2) is 42.6 Å². The maximum Gasteiger partial charge on any atom is 0.224 e. The van der Waals surface area contributed by atoms with E-state index in [1.165, 1.54) is 0 Å². The molecule has 144 valence electrons. The Morgan fingerprint density at radius 3 is 2.76 bits per heavy atom. The number of carbonyl (C=O) groups is 1. The number of hydrogen-bond acceptors (Lipinski definition) is 5. The Morgan fingerprint density at radius 2 is 2.00 bits per heavy atom. The maximum absolute atomic E-state index is 12.4. The largest absolute Gasteiger partial charge is 0.326 e. The van der Waals surface area contributed by atoms with Crippen molar-refractivity contribution in [2.24, 2.45) is 0 Å². The predicted molar refractivity (Wildman–Crippen MR) is 110 cm³/mol. The zero-order valence-corrected chi connectivity index (χ0v) is 16.3. The predicted octanol–water partition coefficient (Wildman–Crippen LogP) is 3.53. The van der Waals surface area contributed by atoms with E-state index in [1.807, 2.05) is 54.8 Å². The number of carbonyl (C=O) groups excluding carboxylic acids is 1. The molecule has 0 atom stereocenters. The van der Waals surface area contributed by atoms with Crippen molar-refractivity contribution in [3.05, 3.63) is 65.1 Å². The summed E-state index contributed by atoms with van der Waals surface area (Å²) in [6.45, 7) is 3.96. The van der Waals surface area contributed by atoms with Gasteiger partial charge in [-0.25, -0.2) is 14.5 Å². The molecule has 7 nitrogen and oxygen atoms in total. The molecule has 1 aromatic carbocycles. The molecule has 0 saturated heterocycles. The lowest BCUT2D eigenvalue weighted by atomic mass is 10.1. The summed E-state index contributed by atoms with van der Waals surface area (Å²) < 4.78 is 1.81. The highest BCUT2D eigenvalue weighted by molar-refractivity contribution is 5.91. The molecule has 29 heavy (non-hydrogen) atoms. The Bertz CT molecular complexity index is 1250. The smallest absolute Gasteiger partial charge is 0.224 e. The van der Waals surface area contributed by atoms with E-state index in [2.05, 4.69) is 21.5 Å². The number of benzene rings is 1. The van der Waals surface area contributed by atoms with Gasteiger partial charge in [0.15, 0.2) is 11.3 Å². The third-order valence-corrected chi connectivity index (χ3v) is 5.01. The van der Waals surface area contributed by atoms with Crippen molar-refractivity contribution in [2.45, 2.75) is 33.1 Å². The summed E-state index contributed by atoms with van der Waals surface area (Å²) in [5, 5.41) is 17.1. The first kappa shape index (κ1) is 18.6. The van der Waals surface area contributed by atoms with Crippen molar-refractivity contribution in [2.75, 3.05) is 5.32 Å². The van der Waals surface area contributed by atoms with E-state index < -0.39 is 0 Å². The van der Waals surface area contributed by atoms with Crippen LogP contribution in [0.3, 0.4) is 0 Å². The maximum atomic E-state index is 12.4. The summed E-state index contributed by atoms with van der Waals surface area (Å²) in [5.41, 5.74) is 5.99. The lowest BCUT2D eigenvalue weighted by molar-refractivity contribution is -0.116. The fraction of sp³-hybridized carbons (Fsp3) is 0.227. The average Bonchev–Trinajstić information content (AvgIpc) is 3.08. The van der Waals surface area contributed by atoms with E-state index in [0.717, 1.165) is 39.2 Å². The van der Waals surface area contributed by atoms with Crippen molar-refractivity contribution in [3.8, 4) is 6.07 Å². The molecule has 3 aromatic heterocycles. The second kappa shape index (κ2) is 7.68. The summed E-state index contributed by atoms with van der Waals surface area (Å²) >= 11 is 0. The highest BCUT2D eigenvalue weighted by atomic mass is 16.1. The first-order chi connectivity index (χ1) is 14.1. The van der Waals surface area contributed by atoms with Crippen molar-refractivity contribution in [1.29, 1.82) is 5.26 Å². The van der Waals surface area contributed by atoms with E-state index in [9.17, 15) is 4.79 Å². The third-order valence-electron chi connectivity index (χ3n) is 5.01. The second-order valence-electron chi connectivity index (χ2n) is 6.95. The highest BCUT2D eigenvalue weighted by Gasteiger charge is 2.15. The molecule has 0 fully saturated rings. The summed E-state index contributed by atoms with van der Waals surface area (Å²) in [4.78, 5) is 21.4. The van der Waals surface area contributed by atoms with Gasteiger partial charge in [0.25, 0.3) is 0 Å². The van der Waals surface area contributed by atoms with Gasteiger partial charge in [0.2, 0.25) is 5.91 Å². The van der Waals surface area contributed by atoms with Crippen LogP contribution >= 0.6 is 0 Å². The quantitative estimate of drug-likeness (QED) is 0.568. The molecule has 1 N–H and O–H groups in total. The number of nitrogens with one attached hydrogen (secondary N) is 1. The van der Waals surface area contributed by atoms with Crippen LogP contribution in [-0.4, -0.2) is 25.5 Å². The van der Waals surface area contributed by atoms with Gasteiger partial charge in [0.05, 0.1) is 17.9 Å². The number of fused-ring (bicyclic) bond motifs is 3. The van der Waals surface area contributed by atoms with Gasteiger partial charge in [0.1, 0.15) is 0 Å². The molecule has 4 rings (SSSR count). The number of amides is 1. The van der Waals surface area contributed by atoms with E-state index >= 15 is 0 Å². The molecule has 7 heteroatoms. The SMILES string of the molecule is Cc1nc2c3cccnc3nn2c(C)c1CCC(=O)Nc1ccc(CC#N)cc1. The molecule has 0 saturated carbocycles. The lowest BCUT2D eigenvalue weighted by Gasteiger charge is -2.11. The van der Waals surface area contributed by atoms with Crippen LogP contribution in [0.25, 0.3) is 16.7 Å². The summed E-state index contributed by atoms with van der Waals surface area (Å²) in [5.74, 6) is -0.0655. The van der Waals surface area contributed by atoms with E-state index in [-0.39, 0.29) is 5.91 Å². The number of aryl methyl sites for hydroxylation is 2. The van der Waals surface area contributed by atoms with Crippen molar-refractivity contribution >= 4 is 28.3 Å². The third kappa shape index (κ3) is 3.65. The Morgan fingerprint density at radius 1 is 1.21 bits per heavy atom. The standard InChI is InChI=1S/C22H20N6O/c1-14-18(9-10-20(29)26-17-7-5-16(6-8-17)11-12-23)15(2)28-22(25-14)19-4-3-13-24-21(19)27-28/h3-8,13H,9-11H2,1-2H3,(H,26,29). The van der Waals surface area contributed by atoms with Gasteiger partial charge in [-0.05, 0) is 55.7 Å². The first-order valence-corrected chi connectivity index (χ1v) is 9.42. The molecule has 0 aliphatic rings. The molecule has 0 bridgehead atoms. The number of rotatable bonds is 5. The zero-order valence-electron chi connectivity index (χ0n) is 16.3. The number of anilines is 1. The van der Waals surface area contributed by atoms with Gasteiger partial charge in [-0.15, -0.1) is 5.10 Å². The summed E-state index contributed by atoms with van der Waals surface area (Å²) in [7, 11) is 0. The van der Waals surface area contributed by atoms with Crippen LogP contribution in [0.1, 0.15) is 28.9 Å². The lowest BCUT2D eigenvalue weighted by Crippen LogP contribution is -2.14. The van der Waals surface area contributed by atoms with Crippen LogP contribution in [-0.2, 0) is 17.6 Å². The zero-order chi connectivity index (χ0) is 20.4. The van der Waals surface area contributed by atoms with Crippen molar-refractivity contribution in [3.63, 3.8) is 0 Å². The van der Waals surface area contributed by atoms with Crippen molar-refractivity contribution < 1.29 is 4.79 Å². The van der Waals surface area contributed by atoms with Gasteiger partial charge in [-0.2, -0.15) is 5.26 Å². The minimum Gasteiger partial charge on any atom is -0.326 e. The van der Waals surface area contributed by atoms with Gasteiger partial charge >= 0.3 is 0 Å². The molecule has 0 unspecified atom stereocenters. The van der Waals surface area contributed by atoms with Gasteiger partial charge < -0.3 is 5.32 Å². The fourth-order valence-corrected chi connectivity index (χ4v) is 3.49. The monoisotopic (exact) mass is 384 g/mol. The van der Waals surface area contributed by atoms with E-state index in [0.29, 0.717) is 24.9 Å². The fourth-order valence-electron chi connectivity index (χ4n) is 3.49. The first-order valence-electron chi connectivity index (χ1n) is 9.42. The molecular formula is C22H20N6O. The Hall–Kier alpha value is -3.79. The molecular weight excluding hydrogens is 364 g/mol. The molecule has 1 amide bonds. The minimum atomic E-state index is -0.0655. The number of hydrogen-bond donors (Lipinski definition) is 1. The van der Waals surface area contributed by atoms with Crippen LogP contribution in [0.2, 0.25) is 0 Å². The normalized spacial score (nSPS) is 10.9. The average molecular weight is 384 g/mol. The second-order valence-corrected chi connectivity index (χ2v) is 6.95. The van der Waals surface area contributed by atoms with E-state index in [1.54, 1.807) is 6.20 Å². The Labute approximate surface area is 168 Å². The Kier molecular flexibility index (Phi) is 4.92. The molecule has 0 radical (unpaired) electrons. The van der Waals surface area contributed by atoms with Gasteiger partial charge in [-0.1, -0.05) is 12.1 Å². The van der Waals surface area contributed by atoms with Crippen LogP contribution in [0.5, 0.6) is 0 Å². The topological polar surface area (TPSA) is 96.0 Å². The number of nitriles is 1. The van der Waals surface area contributed by atoms with Gasteiger partial charge in [-0.3, -0.25) is 4.79 Å². The molecule has 4 aromatic rings. The molecule has 0 aliphatic heterocycles. The molecule has 3 heterocycles. The Balaban J connectivity index is 1.51. The minimum absolute atomic E-state index is 0.0655. The summed E-state index contributed by atoms with van der Waals surface area (Å²) in [6.07, 6.45) is 2.99. The summed E-state index contributed by atoms with van der Waals surface area (Å²) in [6, 6.07) is 13.3. The van der Waals surface area contributed by atoms with Crippen LogP contribution < -0.4 is 5.32 Å². The molecule has 0 spiro atoms. The van der Waals surface area contributed by atoms with E-state index in [4.69, 9.17) is 10.2 Å². The number of aromatic nitrogens is 4. The van der Waals surface area contributed by atoms with Crippen LogP contribution in [0.4, 0.5) is 5.69 Å². The highest BCUT2D eigenvalue weighted by Crippen LogP contribution is 2.22. The number of nitrogens with zero attached hydrogens (tertiary/aromatic N) is 5. The van der Waals surface area contributed by atoms with Gasteiger partial charge in [0, 0.05) is 29.7 Å². The molecule has 0 aliphatic carbocycles. The van der Waals surface area contributed by atoms with Crippen molar-refractivity contribution in [1.82, 2.24) is 19.6 Å².